The van der Waals surface area contributed by atoms with Gasteiger partial charge in [-0.2, -0.15) is 13.2 Å². The van der Waals surface area contributed by atoms with Crippen LogP contribution < -0.4 is 4.74 Å². The van der Waals surface area contributed by atoms with E-state index in [1.165, 1.54) is 17.0 Å². The van der Waals surface area contributed by atoms with E-state index in [0.717, 1.165) is 0 Å². The fraction of sp³-hybridized carbons (Fsp3) is 0.500. The number of ether oxygens (including phenoxy) is 1. The van der Waals surface area contributed by atoms with Crippen LogP contribution in [0.15, 0.2) is 18.2 Å². The highest BCUT2D eigenvalue weighted by Crippen LogP contribution is 2.33. The van der Waals surface area contributed by atoms with Crippen molar-refractivity contribution in [2.24, 2.45) is 5.92 Å². The molecule has 0 radical (unpaired) electrons. The molecule has 1 atom stereocenters. The van der Waals surface area contributed by atoms with Gasteiger partial charge in [-0.15, -0.1) is 0 Å². The number of alkyl halides is 3. The van der Waals surface area contributed by atoms with E-state index in [2.05, 4.69) is 0 Å². The summed E-state index contributed by atoms with van der Waals surface area (Å²) in [4.78, 5) is 13.2. The summed E-state index contributed by atoms with van der Waals surface area (Å²) in [5.74, 6) is -1.69. The Labute approximate surface area is 135 Å². The lowest BCUT2D eigenvalue weighted by molar-refractivity contribution is -0.188. The minimum atomic E-state index is -4.28. The standard InChI is InChI=1S/C14H14Cl2F3NO2/c15-10-3-4-12(11(16)6-10)22-8-13(21)20-5-1-2-9(7-20)14(17,18)19/h3-4,6,9H,1-2,5,7-8H2. The average Bonchev–Trinajstić information content (AvgIpc) is 2.45. The van der Waals surface area contributed by atoms with Gasteiger partial charge in [0.15, 0.2) is 6.61 Å². The van der Waals surface area contributed by atoms with Gasteiger partial charge in [0.2, 0.25) is 0 Å². The fourth-order valence-electron chi connectivity index (χ4n) is 2.29. The number of piperidine rings is 1. The Morgan fingerprint density at radius 1 is 1.36 bits per heavy atom. The molecule has 1 aromatic carbocycles. The van der Waals surface area contributed by atoms with Crippen LogP contribution in [0.4, 0.5) is 13.2 Å². The van der Waals surface area contributed by atoms with Crippen molar-refractivity contribution in [3.05, 3.63) is 28.2 Å². The first-order valence-electron chi connectivity index (χ1n) is 6.69. The molecule has 0 bridgehead atoms. The maximum atomic E-state index is 12.7. The molecule has 1 heterocycles. The van der Waals surface area contributed by atoms with Crippen molar-refractivity contribution in [1.29, 1.82) is 0 Å². The van der Waals surface area contributed by atoms with E-state index < -0.39 is 18.0 Å². The van der Waals surface area contributed by atoms with E-state index in [0.29, 0.717) is 18.0 Å². The van der Waals surface area contributed by atoms with Crippen molar-refractivity contribution in [2.45, 2.75) is 19.0 Å². The summed E-state index contributed by atoms with van der Waals surface area (Å²) in [6, 6.07) is 4.52. The molecule has 22 heavy (non-hydrogen) atoms. The normalized spacial score (nSPS) is 19.1. The first-order valence-corrected chi connectivity index (χ1v) is 7.45. The SMILES string of the molecule is O=C(COc1ccc(Cl)cc1Cl)N1CCCC(C(F)(F)F)C1. The zero-order valence-electron chi connectivity index (χ0n) is 11.5. The highest BCUT2D eigenvalue weighted by molar-refractivity contribution is 6.35. The molecule has 1 amide bonds. The van der Waals surface area contributed by atoms with Gasteiger partial charge in [-0.25, -0.2) is 0 Å². The minimum Gasteiger partial charge on any atom is -0.482 e. The third-order valence-electron chi connectivity index (χ3n) is 3.48. The molecule has 8 heteroatoms. The molecule has 122 valence electrons. The fourth-order valence-corrected chi connectivity index (χ4v) is 2.76. The summed E-state index contributed by atoms with van der Waals surface area (Å²) in [6.45, 7) is -0.366. The van der Waals surface area contributed by atoms with E-state index in [-0.39, 0.29) is 30.3 Å². The molecule has 0 N–H and O–H groups in total. The molecule has 1 aromatic rings. The second-order valence-corrected chi connectivity index (χ2v) is 5.93. The van der Waals surface area contributed by atoms with Crippen molar-refractivity contribution in [3.8, 4) is 5.75 Å². The highest BCUT2D eigenvalue weighted by Gasteiger charge is 2.42. The van der Waals surface area contributed by atoms with Crippen LogP contribution in [0.5, 0.6) is 5.75 Å². The van der Waals surface area contributed by atoms with E-state index in [1.807, 2.05) is 0 Å². The summed E-state index contributed by atoms with van der Waals surface area (Å²) in [5, 5.41) is 0.667. The molecule has 1 unspecified atom stereocenters. The number of hydrogen-bond acceptors (Lipinski definition) is 2. The number of carbonyl (C=O) groups is 1. The lowest BCUT2D eigenvalue weighted by Gasteiger charge is -2.33. The van der Waals surface area contributed by atoms with Crippen molar-refractivity contribution < 1.29 is 22.7 Å². The molecule has 0 aromatic heterocycles. The molecule has 1 saturated heterocycles. The third-order valence-corrected chi connectivity index (χ3v) is 4.01. The van der Waals surface area contributed by atoms with Gasteiger partial charge in [0.1, 0.15) is 5.75 Å². The number of amides is 1. The topological polar surface area (TPSA) is 29.5 Å². The van der Waals surface area contributed by atoms with Crippen molar-refractivity contribution in [3.63, 3.8) is 0 Å². The maximum Gasteiger partial charge on any atom is 0.393 e. The molecule has 1 aliphatic rings. The summed E-state index contributed by atoms with van der Waals surface area (Å²) in [6.07, 6.45) is -3.89. The van der Waals surface area contributed by atoms with Crippen molar-refractivity contribution in [1.82, 2.24) is 4.90 Å². The van der Waals surface area contributed by atoms with Crippen LogP contribution in [0.1, 0.15) is 12.8 Å². The molecule has 1 aliphatic heterocycles. The summed E-state index contributed by atoms with van der Waals surface area (Å²) in [7, 11) is 0. The van der Waals surface area contributed by atoms with Gasteiger partial charge in [-0.05, 0) is 31.0 Å². The van der Waals surface area contributed by atoms with Crippen LogP contribution in [0.25, 0.3) is 0 Å². The Morgan fingerprint density at radius 2 is 2.09 bits per heavy atom. The van der Waals surface area contributed by atoms with Crippen LogP contribution in [0.3, 0.4) is 0 Å². The molecule has 2 rings (SSSR count). The van der Waals surface area contributed by atoms with Gasteiger partial charge in [-0.1, -0.05) is 23.2 Å². The quantitative estimate of drug-likeness (QED) is 0.814. The van der Waals surface area contributed by atoms with Gasteiger partial charge < -0.3 is 9.64 Å². The molecule has 0 aliphatic carbocycles. The van der Waals surface area contributed by atoms with E-state index in [1.54, 1.807) is 6.07 Å². The Balaban J connectivity index is 1.92. The first kappa shape index (κ1) is 17.2. The highest BCUT2D eigenvalue weighted by atomic mass is 35.5. The average molecular weight is 356 g/mol. The van der Waals surface area contributed by atoms with Gasteiger partial charge in [0.25, 0.3) is 5.91 Å². The Hall–Kier alpha value is -1.14. The number of benzene rings is 1. The number of likely N-dealkylation sites (tertiary alicyclic amines) is 1. The Kier molecular flexibility index (Phi) is 5.45. The lowest BCUT2D eigenvalue weighted by atomic mass is 9.97. The van der Waals surface area contributed by atoms with Crippen LogP contribution in [-0.2, 0) is 4.79 Å². The monoisotopic (exact) mass is 355 g/mol. The molecular weight excluding hydrogens is 342 g/mol. The molecule has 3 nitrogen and oxygen atoms in total. The second kappa shape index (κ2) is 6.96. The molecule has 1 fully saturated rings. The number of carbonyl (C=O) groups excluding carboxylic acids is 1. The summed E-state index contributed by atoms with van der Waals surface area (Å²) >= 11 is 11.6. The number of hydrogen-bond donors (Lipinski definition) is 0. The minimum absolute atomic E-state index is 0.0527. The predicted octanol–water partition coefficient (Wildman–Crippen LogP) is 4.17. The van der Waals surface area contributed by atoms with Gasteiger partial charge in [-0.3, -0.25) is 4.79 Å². The Bertz CT molecular complexity index is 551. The number of rotatable bonds is 3. The van der Waals surface area contributed by atoms with Gasteiger partial charge in [0.05, 0.1) is 10.9 Å². The van der Waals surface area contributed by atoms with Crippen molar-refractivity contribution >= 4 is 29.1 Å². The predicted molar refractivity (Wildman–Crippen MR) is 77.3 cm³/mol. The third kappa shape index (κ3) is 4.43. The summed E-state index contributed by atoms with van der Waals surface area (Å²) in [5.41, 5.74) is 0. The molecule has 0 spiro atoms. The number of nitrogens with zero attached hydrogens (tertiary/aromatic N) is 1. The smallest absolute Gasteiger partial charge is 0.393 e. The van der Waals surface area contributed by atoms with Crippen LogP contribution in [-0.4, -0.2) is 36.7 Å². The van der Waals surface area contributed by atoms with Gasteiger partial charge >= 0.3 is 6.18 Å². The van der Waals surface area contributed by atoms with Crippen LogP contribution in [0, 0.1) is 5.92 Å². The van der Waals surface area contributed by atoms with E-state index >= 15 is 0 Å². The number of halogens is 5. The van der Waals surface area contributed by atoms with Crippen LogP contribution >= 0.6 is 23.2 Å². The zero-order chi connectivity index (χ0) is 16.3. The second-order valence-electron chi connectivity index (χ2n) is 5.08. The molecule has 0 saturated carbocycles. The van der Waals surface area contributed by atoms with Crippen LogP contribution in [0.2, 0.25) is 10.0 Å². The Morgan fingerprint density at radius 3 is 2.73 bits per heavy atom. The maximum absolute atomic E-state index is 12.7. The first-order chi connectivity index (χ1) is 10.3. The molecular formula is C14H14Cl2F3NO2. The van der Waals surface area contributed by atoms with E-state index in [9.17, 15) is 18.0 Å². The summed E-state index contributed by atoms with van der Waals surface area (Å²) < 4.78 is 43.4. The largest absolute Gasteiger partial charge is 0.482 e. The van der Waals surface area contributed by atoms with Crippen molar-refractivity contribution in [2.75, 3.05) is 19.7 Å². The van der Waals surface area contributed by atoms with E-state index in [4.69, 9.17) is 27.9 Å². The van der Waals surface area contributed by atoms with Gasteiger partial charge in [0, 0.05) is 18.1 Å². The lowest BCUT2D eigenvalue weighted by Crippen LogP contribution is -2.46. The zero-order valence-corrected chi connectivity index (χ0v) is 13.0.